The van der Waals surface area contributed by atoms with Crippen LogP contribution in [0.5, 0.6) is 0 Å². The fourth-order valence-electron chi connectivity index (χ4n) is 2.96. The van der Waals surface area contributed by atoms with E-state index in [4.69, 9.17) is 0 Å². The Morgan fingerprint density at radius 2 is 1.38 bits per heavy atom. The van der Waals surface area contributed by atoms with Crippen molar-refractivity contribution in [2.45, 2.75) is 65.2 Å². The van der Waals surface area contributed by atoms with E-state index in [-0.39, 0.29) is 0 Å². The summed E-state index contributed by atoms with van der Waals surface area (Å²) >= 11 is 0. The molecule has 0 saturated heterocycles. The molecular formula is C22H38N2. The lowest BCUT2D eigenvalue weighted by molar-refractivity contribution is 0.409. The maximum atomic E-state index is 2.42. The Morgan fingerprint density at radius 3 is 1.96 bits per heavy atom. The molecule has 0 atom stereocenters. The molecule has 136 valence electrons. The van der Waals surface area contributed by atoms with Crippen molar-refractivity contribution in [2.24, 2.45) is 0 Å². The van der Waals surface area contributed by atoms with Crippen LogP contribution in [-0.2, 0) is 0 Å². The molecule has 24 heavy (non-hydrogen) atoms. The van der Waals surface area contributed by atoms with Crippen LogP contribution in [0.3, 0.4) is 0 Å². The van der Waals surface area contributed by atoms with E-state index in [0.717, 1.165) is 13.1 Å². The first-order chi connectivity index (χ1) is 11.7. The van der Waals surface area contributed by atoms with E-state index < -0.39 is 0 Å². The fourth-order valence-corrected chi connectivity index (χ4v) is 2.96. The third-order valence-electron chi connectivity index (χ3n) is 4.53. The zero-order valence-corrected chi connectivity index (χ0v) is 16.4. The smallest absolute Gasteiger partial charge is 0.0598 e. The SMILES string of the molecule is CCCCCCN(C)C=C(c1ccccc1)N(C)CCCCCC. The van der Waals surface area contributed by atoms with Gasteiger partial charge in [0.05, 0.1) is 5.70 Å². The molecule has 0 aliphatic rings. The summed E-state index contributed by atoms with van der Waals surface area (Å²) in [7, 11) is 4.44. The van der Waals surface area contributed by atoms with Gasteiger partial charge in [-0.05, 0) is 18.4 Å². The Balaban J connectivity index is 2.68. The summed E-state index contributed by atoms with van der Waals surface area (Å²) in [5.41, 5.74) is 2.65. The summed E-state index contributed by atoms with van der Waals surface area (Å²) < 4.78 is 0. The molecule has 2 heteroatoms. The van der Waals surface area contributed by atoms with E-state index >= 15 is 0 Å². The fraction of sp³-hybridized carbons (Fsp3) is 0.636. The van der Waals surface area contributed by atoms with Crippen LogP contribution in [0, 0.1) is 0 Å². The van der Waals surface area contributed by atoms with E-state index in [1.807, 2.05) is 0 Å². The largest absolute Gasteiger partial charge is 0.379 e. The molecular weight excluding hydrogens is 292 g/mol. The molecule has 0 unspecified atom stereocenters. The molecule has 0 aliphatic carbocycles. The summed E-state index contributed by atoms with van der Waals surface area (Å²) in [6.07, 6.45) is 12.8. The minimum Gasteiger partial charge on any atom is -0.379 e. The molecule has 0 aliphatic heterocycles. The maximum Gasteiger partial charge on any atom is 0.0598 e. The van der Waals surface area contributed by atoms with Crippen molar-refractivity contribution >= 4 is 5.70 Å². The lowest BCUT2D eigenvalue weighted by Gasteiger charge is -2.26. The van der Waals surface area contributed by atoms with Gasteiger partial charge in [-0.1, -0.05) is 82.7 Å². The summed E-state index contributed by atoms with van der Waals surface area (Å²) in [4.78, 5) is 4.79. The summed E-state index contributed by atoms with van der Waals surface area (Å²) in [5, 5.41) is 0. The summed E-state index contributed by atoms with van der Waals surface area (Å²) in [6.45, 7) is 6.81. The van der Waals surface area contributed by atoms with Gasteiger partial charge in [-0.2, -0.15) is 0 Å². The molecule has 0 aromatic heterocycles. The number of rotatable bonds is 13. The second kappa shape index (κ2) is 12.9. The highest BCUT2D eigenvalue weighted by Crippen LogP contribution is 2.19. The van der Waals surface area contributed by atoms with Gasteiger partial charge in [-0.15, -0.1) is 0 Å². The molecule has 0 spiro atoms. The summed E-state index contributed by atoms with van der Waals surface area (Å²) in [6, 6.07) is 10.8. The van der Waals surface area contributed by atoms with Crippen LogP contribution in [0.4, 0.5) is 0 Å². The summed E-state index contributed by atoms with van der Waals surface area (Å²) in [5.74, 6) is 0. The van der Waals surface area contributed by atoms with Crippen molar-refractivity contribution in [2.75, 3.05) is 27.2 Å². The van der Waals surface area contributed by atoms with Crippen molar-refractivity contribution in [3.05, 3.63) is 42.1 Å². The normalized spacial score (nSPS) is 11.6. The molecule has 0 heterocycles. The Morgan fingerprint density at radius 1 is 0.792 bits per heavy atom. The highest BCUT2D eigenvalue weighted by molar-refractivity contribution is 5.63. The van der Waals surface area contributed by atoms with Gasteiger partial charge in [0.15, 0.2) is 0 Å². The van der Waals surface area contributed by atoms with Crippen LogP contribution < -0.4 is 0 Å². The first-order valence-corrected chi connectivity index (χ1v) is 9.87. The molecule has 2 nitrogen and oxygen atoms in total. The minimum absolute atomic E-state index is 1.13. The van der Waals surface area contributed by atoms with Gasteiger partial charge < -0.3 is 9.80 Å². The van der Waals surface area contributed by atoms with Crippen molar-refractivity contribution < 1.29 is 0 Å². The molecule has 1 aromatic carbocycles. The number of hydrogen-bond donors (Lipinski definition) is 0. The van der Waals surface area contributed by atoms with Crippen LogP contribution >= 0.6 is 0 Å². The molecule has 0 saturated carbocycles. The average Bonchev–Trinajstić information content (AvgIpc) is 2.61. The van der Waals surface area contributed by atoms with E-state index in [0.29, 0.717) is 0 Å². The van der Waals surface area contributed by atoms with Gasteiger partial charge in [-0.3, -0.25) is 0 Å². The van der Waals surface area contributed by atoms with Crippen molar-refractivity contribution in [3.63, 3.8) is 0 Å². The van der Waals surface area contributed by atoms with Crippen LogP contribution in [0.1, 0.15) is 70.8 Å². The van der Waals surface area contributed by atoms with Gasteiger partial charge in [0.25, 0.3) is 0 Å². The molecule has 0 fully saturated rings. The van der Waals surface area contributed by atoms with Crippen molar-refractivity contribution in [3.8, 4) is 0 Å². The molecule has 1 rings (SSSR count). The minimum atomic E-state index is 1.13. The Kier molecular flexibility index (Phi) is 11.1. The van der Waals surface area contributed by atoms with Gasteiger partial charge >= 0.3 is 0 Å². The van der Waals surface area contributed by atoms with E-state index in [2.05, 4.69) is 74.3 Å². The molecule has 0 N–H and O–H groups in total. The number of benzene rings is 1. The van der Waals surface area contributed by atoms with Gasteiger partial charge in [0.1, 0.15) is 0 Å². The third-order valence-corrected chi connectivity index (χ3v) is 4.53. The van der Waals surface area contributed by atoms with Crippen molar-refractivity contribution in [1.29, 1.82) is 0 Å². The zero-order chi connectivity index (χ0) is 17.6. The third kappa shape index (κ3) is 8.42. The van der Waals surface area contributed by atoms with Crippen LogP contribution in [0.25, 0.3) is 5.70 Å². The average molecular weight is 331 g/mol. The second-order valence-electron chi connectivity index (χ2n) is 6.90. The predicted molar refractivity (Wildman–Crippen MR) is 108 cm³/mol. The van der Waals surface area contributed by atoms with E-state index in [9.17, 15) is 0 Å². The molecule has 0 bridgehead atoms. The van der Waals surface area contributed by atoms with Crippen LogP contribution in [0.2, 0.25) is 0 Å². The van der Waals surface area contributed by atoms with Crippen LogP contribution in [0.15, 0.2) is 36.5 Å². The number of hydrogen-bond acceptors (Lipinski definition) is 2. The lowest BCUT2D eigenvalue weighted by Crippen LogP contribution is -2.22. The second-order valence-corrected chi connectivity index (χ2v) is 6.90. The Hall–Kier alpha value is -1.44. The Labute approximate surface area is 150 Å². The highest BCUT2D eigenvalue weighted by Gasteiger charge is 2.08. The zero-order valence-electron chi connectivity index (χ0n) is 16.4. The topological polar surface area (TPSA) is 6.48 Å². The first kappa shape index (κ1) is 20.6. The monoisotopic (exact) mass is 330 g/mol. The van der Waals surface area contributed by atoms with Crippen molar-refractivity contribution in [1.82, 2.24) is 9.80 Å². The predicted octanol–water partition coefficient (Wildman–Crippen LogP) is 6.01. The lowest BCUT2D eigenvalue weighted by atomic mass is 10.1. The van der Waals surface area contributed by atoms with Gasteiger partial charge in [-0.25, -0.2) is 0 Å². The van der Waals surface area contributed by atoms with E-state index in [1.54, 1.807) is 0 Å². The quantitative estimate of drug-likeness (QED) is 0.409. The first-order valence-electron chi connectivity index (χ1n) is 9.87. The van der Waals surface area contributed by atoms with Gasteiger partial charge in [0, 0.05) is 33.4 Å². The maximum absolute atomic E-state index is 2.42. The molecule has 0 amide bonds. The number of unbranched alkanes of at least 4 members (excludes halogenated alkanes) is 6. The molecule has 0 radical (unpaired) electrons. The Bertz CT molecular complexity index is 439. The van der Waals surface area contributed by atoms with E-state index in [1.165, 1.54) is 62.6 Å². The van der Waals surface area contributed by atoms with Gasteiger partial charge in [0.2, 0.25) is 0 Å². The highest BCUT2D eigenvalue weighted by atomic mass is 15.1. The standard InChI is InChI=1S/C22H38N2/c1-5-7-9-14-18-23(3)20-22(21-16-12-11-13-17-21)24(4)19-15-10-8-6-2/h11-13,16-17,20H,5-10,14-15,18-19H2,1-4H3. The molecule has 1 aromatic rings. The number of nitrogens with zero attached hydrogens (tertiary/aromatic N) is 2. The van der Waals surface area contributed by atoms with Crippen LogP contribution in [-0.4, -0.2) is 37.0 Å².